The molecule has 0 atom stereocenters. The van der Waals surface area contributed by atoms with Gasteiger partial charge in [0, 0.05) is 6.20 Å². The van der Waals surface area contributed by atoms with Crippen molar-refractivity contribution >= 4 is 11.6 Å². The number of hydrogen-bond donors (Lipinski definition) is 2. The number of carbonyl (C=O) groups excluding carboxylic acids is 1. The van der Waals surface area contributed by atoms with E-state index in [1.54, 1.807) is 25.4 Å². The second kappa shape index (κ2) is 5.18. The first-order chi connectivity index (χ1) is 6.77. The standard InChI is InChI=1S/C9H13N3O2/c1-10-6-8(13)12-7-4-3-5-11-9(7)14-2/h3-5,10H,6H2,1-2H3,(H,12,13). The Hall–Kier alpha value is -1.62. The second-order valence-corrected chi connectivity index (χ2v) is 2.64. The molecule has 1 aromatic rings. The Morgan fingerprint density at radius 2 is 2.43 bits per heavy atom. The first kappa shape index (κ1) is 10.5. The number of pyridine rings is 1. The number of hydrogen-bond acceptors (Lipinski definition) is 4. The maximum Gasteiger partial charge on any atom is 0.238 e. The van der Waals surface area contributed by atoms with Crippen molar-refractivity contribution in [2.24, 2.45) is 0 Å². The molecule has 0 bridgehead atoms. The van der Waals surface area contributed by atoms with Gasteiger partial charge >= 0.3 is 0 Å². The highest BCUT2D eigenvalue weighted by Gasteiger charge is 2.06. The molecule has 5 nitrogen and oxygen atoms in total. The number of likely N-dealkylation sites (N-methyl/N-ethyl adjacent to an activating group) is 1. The zero-order valence-corrected chi connectivity index (χ0v) is 8.20. The number of carbonyl (C=O) groups is 1. The van der Waals surface area contributed by atoms with E-state index in [0.717, 1.165) is 0 Å². The van der Waals surface area contributed by atoms with Crippen molar-refractivity contribution in [1.29, 1.82) is 0 Å². The van der Waals surface area contributed by atoms with Crippen LogP contribution in [0, 0.1) is 0 Å². The minimum absolute atomic E-state index is 0.126. The van der Waals surface area contributed by atoms with E-state index in [4.69, 9.17) is 4.74 Å². The molecule has 1 heterocycles. The summed E-state index contributed by atoms with van der Waals surface area (Å²) in [4.78, 5) is 15.2. The van der Waals surface area contributed by atoms with Crippen molar-refractivity contribution in [3.8, 4) is 5.88 Å². The lowest BCUT2D eigenvalue weighted by molar-refractivity contribution is -0.115. The van der Waals surface area contributed by atoms with Gasteiger partial charge < -0.3 is 15.4 Å². The molecule has 2 N–H and O–H groups in total. The number of nitrogens with zero attached hydrogens (tertiary/aromatic N) is 1. The van der Waals surface area contributed by atoms with Gasteiger partial charge in [0.1, 0.15) is 5.69 Å². The lowest BCUT2D eigenvalue weighted by atomic mass is 10.4. The summed E-state index contributed by atoms with van der Waals surface area (Å²) >= 11 is 0. The molecule has 0 radical (unpaired) electrons. The smallest absolute Gasteiger partial charge is 0.238 e. The van der Waals surface area contributed by atoms with Gasteiger partial charge in [0.25, 0.3) is 0 Å². The minimum Gasteiger partial charge on any atom is -0.480 e. The zero-order valence-electron chi connectivity index (χ0n) is 8.20. The third-order valence-electron chi connectivity index (χ3n) is 1.58. The van der Waals surface area contributed by atoms with Crippen LogP contribution in [0.1, 0.15) is 0 Å². The molecule has 14 heavy (non-hydrogen) atoms. The van der Waals surface area contributed by atoms with Gasteiger partial charge in [0.15, 0.2) is 0 Å². The first-order valence-corrected chi connectivity index (χ1v) is 4.21. The summed E-state index contributed by atoms with van der Waals surface area (Å²) in [6.45, 7) is 0.262. The van der Waals surface area contributed by atoms with Crippen LogP contribution in [-0.4, -0.2) is 31.6 Å². The lowest BCUT2D eigenvalue weighted by Crippen LogP contribution is -2.25. The average molecular weight is 195 g/mol. The van der Waals surface area contributed by atoms with Gasteiger partial charge in [-0.2, -0.15) is 0 Å². The fraction of sp³-hybridized carbons (Fsp3) is 0.333. The van der Waals surface area contributed by atoms with E-state index in [1.807, 2.05) is 0 Å². The molecule has 0 saturated heterocycles. The van der Waals surface area contributed by atoms with E-state index < -0.39 is 0 Å². The fourth-order valence-corrected chi connectivity index (χ4v) is 1.00. The summed E-state index contributed by atoms with van der Waals surface area (Å²) in [6.07, 6.45) is 1.60. The maximum absolute atomic E-state index is 11.2. The Morgan fingerprint density at radius 3 is 3.07 bits per heavy atom. The van der Waals surface area contributed by atoms with Gasteiger partial charge in [-0.05, 0) is 19.2 Å². The highest BCUT2D eigenvalue weighted by Crippen LogP contribution is 2.19. The second-order valence-electron chi connectivity index (χ2n) is 2.64. The van der Waals surface area contributed by atoms with Gasteiger partial charge in [-0.1, -0.05) is 0 Å². The monoisotopic (exact) mass is 195 g/mol. The molecule has 0 saturated carbocycles. The van der Waals surface area contributed by atoms with Crippen LogP contribution in [0.5, 0.6) is 5.88 Å². The van der Waals surface area contributed by atoms with Crippen LogP contribution in [-0.2, 0) is 4.79 Å². The van der Waals surface area contributed by atoms with E-state index in [-0.39, 0.29) is 12.5 Å². The predicted molar refractivity (Wildman–Crippen MR) is 53.3 cm³/mol. The molecule has 5 heteroatoms. The number of anilines is 1. The summed E-state index contributed by atoms with van der Waals surface area (Å²) in [5.74, 6) is 0.288. The number of nitrogens with one attached hydrogen (secondary N) is 2. The topological polar surface area (TPSA) is 63.2 Å². The molecular formula is C9H13N3O2. The van der Waals surface area contributed by atoms with Crippen LogP contribution in [0.15, 0.2) is 18.3 Å². The Kier molecular flexibility index (Phi) is 3.87. The van der Waals surface area contributed by atoms with Crippen LogP contribution in [0.2, 0.25) is 0 Å². The number of aromatic nitrogens is 1. The van der Waals surface area contributed by atoms with Crippen molar-refractivity contribution in [2.75, 3.05) is 26.0 Å². The van der Waals surface area contributed by atoms with Crippen LogP contribution < -0.4 is 15.4 Å². The highest BCUT2D eigenvalue weighted by molar-refractivity contribution is 5.93. The Morgan fingerprint density at radius 1 is 1.64 bits per heavy atom. The quantitative estimate of drug-likeness (QED) is 0.722. The zero-order chi connectivity index (χ0) is 10.4. The summed E-state index contributed by atoms with van der Waals surface area (Å²) in [6, 6.07) is 3.47. The first-order valence-electron chi connectivity index (χ1n) is 4.21. The Balaban J connectivity index is 2.70. The van der Waals surface area contributed by atoms with Crippen molar-refractivity contribution in [3.05, 3.63) is 18.3 Å². The maximum atomic E-state index is 11.2. The van der Waals surface area contributed by atoms with Crippen molar-refractivity contribution in [2.45, 2.75) is 0 Å². The normalized spacial score (nSPS) is 9.57. The van der Waals surface area contributed by atoms with Crippen LogP contribution in [0.4, 0.5) is 5.69 Å². The molecule has 1 amide bonds. The van der Waals surface area contributed by atoms with Gasteiger partial charge in [-0.15, -0.1) is 0 Å². The van der Waals surface area contributed by atoms with E-state index in [0.29, 0.717) is 11.6 Å². The average Bonchev–Trinajstić information content (AvgIpc) is 2.19. The molecule has 0 aliphatic rings. The van der Waals surface area contributed by atoms with E-state index >= 15 is 0 Å². The molecule has 0 spiro atoms. The molecule has 76 valence electrons. The van der Waals surface area contributed by atoms with E-state index in [2.05, 4.69) is 15.6 Å². The van der Waals surface area contributed by atoms with Crippen molar-refractivity contribution < 1.29 is 9.53 Å². The van der Waals surface area contributed by atoms with Crippen LogP contribution in [0.3, 0.4) is 0 Å². The Bertz CT molecular complexity index is 315. The van der Waals surface area contributed by atoms with Gasteiger partial charge in [0.05, 0.1) is 13.7 Å². The van der Waals surface area contributed by atoms with Gasteiger partial charge in [0.2, 0.25) is 11.8 Å². The van der Waals surface area contributed by atoms with E-state index in [1.165, 1.54) is 7.11 Å². The predicted octanol–water partition coefficient (Wildman–Crippen LogP) is 0.248. The van der Waals surface area contributed by atoms with Gasteiger partial charge in [-0.25, -0.2) is 4.98 Å². The van der Waals surface area contributed by atoms with Crippen molar-refractivity contribution in [3.63, 3.8) is 0 Å². The molecule has 1 rings (SSSR count). The lowest BCUT2D eigenvalue weighted by Gasteiger charge is -2.07. The fourth-order valence-electron chi connectivity index (χ4n) is 1.00. The molecule has 0 aromatic carbocycles. The van der Waals surface area contributed by atoms with Crippen molar-refractivity contribution in [1.82, 2.24) is 10.3 Å². The third-order valence-corrected chi connectivity index (χ3v) is 1.58. The molecule has 0 aliphatic carbocycles. The van der Waals surface area contributed by atoms with Crippen LogP contribution in [0.25, 0.3) is 0 Å². The number of rotatable bonds is 4. The summed E-state index contributed by atoms with van der Waals surface area (Å²) in [5.41, 5.74) is 0.579. The largest absolute Gasteiger partial charge is 0.480 e. The summed E-state index contributed by atoms with van der Waals surface area (Å²) < 4.78 is 4.98. The summed E-state index contributed by atoms with van der Waals surface area (Å²) in [7, 11) is 3.22. The molecule has 0 aliphatic heterocycles. The molecular weight excluding hydrogens is 182 g/mol. The minimum atomic E-state index is -0.126. The van der Waals surface area contributed by atoms with E-state index in [9.17, 15) is 4.79 Å². The number of ether oxygens (including phenoxy) is 1. The van der Waals surface area contributed by atoms with Crippen LogP contribution >= 0.6 is 0 Å². The molecule has 0 fully saturated rings. The number of amides is 1. The SMILES string of the molecule is CNCC(=O)Nc1cccnc1OC. The highest BCUT2D eigenvalue weighted by atomic mass is 16.5. The van der Waals surface area contributed by atoms with Gasteiger partial charge in [-0.3, -0.25) is 4.79 Å². The molecule has 1 aromatic heterocycles. The summed E-state index contributed by atoms with van der Waals surface area (Å²) in [5, 5.41) is 5.43. The number of methoxy groups -OCH3 is 1. The third kappa shape index (κ3) is 2.70. The molecule has 0 unspecified atom stereocenters. The Labute approximate surface area is 82.5 Å².